The zero-order chi connectivity index (χ0) is 18.0. The summed E-state index contributed by atoms with van der Waals surface area (Å²) in [4.78, 5) is 30.0. The molecule has 0 aromatic carbocycles. The van der Waals surface area contributed by atoms with Crippen molar-refractivity contribution >= 4 is 12.0 Å². The van der Waals surface area contributed by atoms with Gasteiger partial charge >= 0.3 is 6.09 Å². The third-order valence-corrected chi connectivity index (χ3v) is 4.42. The molecule has 8 nitrogen and oxygen atoms in total. The van der Waals surface area contributed by atoms with Gasteiger partial charge in [-0.2, -0.15) is 0 Å². The summed E-state index contributed by atoms with van der Waals surface area (Å²) < 4.78 is 9.86. The van der Waals surface area contributed by atoms with E-state index in [9.17, 15) is 9.59 Å². The number of carbonyl (C=O) groups excluding carboxylic acids is 2. The summed E-state index contributed by atoms with van der Waals surface area (Å²) in [7, 11) is 1.36. The van der Waals surface area contributed by atoms with E-state index in [1.807, 2.05) is 13.8 Å². The number of ether oxygens (including phenoxy) is 1. The second-order valence-corrected chi connectivity index (χ2v) is 5.95. The average Bonchev–Trinajstić information content (AvgIpc) is 2.95. The highest BCUT2D eigenvalue weighted by molar-refractivity contribution is 5.95. The maximum absolute atomic E-state index is 12.6. The van der Waals surface area contributed by atoms with Crippen LogP contribution in [-0.4, -0.2) is 40.7 Å². The van der Waals surface area contributed by atoms with E-state index in [1.165, 1.54) is 7.11 Å². The summed E-state index contributed by atoms with van der Waals surface area (Å²) in [6.07, 6.45) is 3.46. The van der Waals surface area contributed by atoms with Gasteiger partial charge in [0.05, 0.1) is 24.9 Å². The number of hydrogen-bond acceptors (Lipinski definition) is 6. The van der Waals surface area contributed by atoms with E-state index >= 15 is 0 Å². The number of fused-ring (bicyclic) bond motifs is 1. The lowest BCUT2D eigenvalue weighted by molar-refractivity contribution is 0.0948. The number of aryl methyl sites for hydroxylation is 2. The first-order chi connectivity index (χ1) is 12.0. The molecule has 1 aliphatic rings. The number of pyridine rings is 1. The van der Waals surface area contributed by atoms with Crippen LogP contribution in [0, 0.1) is 13.8 Å². The fourth-order valence-corrected chi connectivity index (χ4v) is 2.99. The largest absolute Gasteiger partial charge is 0.453 e. The normalized spacial score (nSPS) is 13.3. The Labute approximate surface area is 145 Å². The summed E-state index contributed by atoms with van der Waals surface area (Å²) in [5.74, 6) is 0.496. The van der Waals surface area contributed by atoms with Crippen molar-refractivity contribution in [3.05, 3.63) is 46.1 Å². The Hall–Kier alpha value is -2.90. The van der Waals surface area contributed by atoms with Gasteiger partial charge in [-0.15, -0.1) is 0 Å². The van der Waals surface area contributed by atoms with Crippen LogP contribution in [0.4, 0.5) is 4.79 Å². The molecule has 1 N–H and O–H groups in total. The Morgan fingerprint density at radius 2 is 2.16 bits per heavy atom. The van der Waals surface area contributed by atoms with Gasteiger partial charge in [0.25, 0.3) is 5.91 Å². The average molecular weight is 344 g/mol. The smallest absolute Gasteiger partial charge is 0.409 e. The maximum Gasteiger partial charge on any atom is 0.409 e. The van der Waals surface area contributed by atoms with Gasteiger partial charge in [0.15, 0.2) is 0 Å². The summed E-state index contributed by atoms with van der Waals surface area (Å²) in [6, 6.07) is 0. The van der Waals surface area contributed by atoms with Crippen LogP contribution in [0.25, 0.3) is 0 Å². The highest BCUT2D eigenvalue weighted by atomic mass is 16.5. The van der Waals surface area contributed by atoms with E-state index < -0.39 is 0 Å². The topological polar surface area (TPSA) is 97.6 Å². The van der Waals surface area contributed by atoms with Crippen LogP contribution in [0.5, 0.6) is 0 Å². The minimum absolute atomic E-state index is 0.198. The SMILES string of the molecule is COC(=O)N1CCc2c(cncc2C(=O)NCc2c(C)noc2C)C1. The molecule has 8 heteroatoms. The van der Waals surface area contributed by atoms with Crippen molar-refractivity contribution < 1.29 is 18.8 Å². The molecule has 0 radical (unpaired) electrons. The highest BCUT2D eigenvalue weighted by Crippen LogP contribution is 2.22. The number of hydrogen-bond donors (Lipinski definition) is 1. The molecule has 25 heavy (non-hydrogen) atoms. The van der Waals surface area contributed by atoms with Crippen LogP contribution >= 0.6 is 0 Å². The van der Waals surface area contributed by atoms with Gasteiger partial charge in [-0.05, 0) is 31.4 Å². The molecule has 0 fully saturated rings. The number of carbonyl (C=O) groups is 2. The Bertz CT molecular complexity index is 795. The molecule has 0 saturated heterocycles. The number of nitrogens with one attached hydrogen (secondary N) is 1. The minimum atomic E-state index is -0.376. The highest BCUT2D eigenvalue weighted by Gasteiger charge is 2.25. The molecule has 2 aromatic heterocycles. The monoisotopic (exact) mass is 344 g/mol. The predicted molar refractivity (Wildman–Crippen MR) is 87.9 cm³/mol. The van der Waals surface area contributed by atoms with Crippen LogP contribution in [0.15, 0.2) is 16.9 Å². The second kappa shape index (κ2) is 6.92. The Morgan fingerprint density at radius 1 is 1.36 bits per heavy atom. The zero-order valence-electron chi connectivity index (χ0n) is 14.5. The number of rotatable bonds is 3. The van der Waals surface area contributed by atoms with Gasteiger partial charge in [0, 0.05) is 31.0 Å². The van der Waals surface area contributed by atoms with Gasteiger partial charge in [-0.1, -0.05) is 5.16 Å². The lowest BCUT2D eigenvalue weighted by Crippen LogP contribution is -2.37. The number of amides is 2. The van der Waals surface area contributed by atoms with Crippen molar-refractivity contribution in [1.82, 2.24) is 20.4 Å². The molecule has 3 heterocycles. The summed E-state index contributed by atoms with van der Waals surface area (Å²) in [5.41, 5.74) is 3.96. The van der Waals surface area contributed by atoms with Crippen LogP contribution in [0.2, 0.25) is 0 Å². The fourth-order valence-electron chi connectivity index (χ4n) is 2.99. The van der Waals surface area contributed by atoms with Crippen molar-refractivity contribution in [2.45, 2.75) is 33.4 Å². The van der Waals surface area contributed by atoms with Crippen molar-refractivity contribution in [3.8, 4) is 0 Å². The molecule has 0 saturated carbocycles. The molecule has 132 valence electrons. The number of nitrogens with zero attached hydrogens (tertiary/aromatic N) is 3. The van der Waals surface area contributed by atoms with Gasteiger partial charge in [-0.25, -0.2) is 4.79 Å². The second-order valence-electron chi connectivity index (χ2n) is 5.95. The predicted octanol–water partition coefficient (Wildman–Crippen LogP) is 1.74. The molecule has 2 amide bonds. The van der Waals surface area contributed by atoms with Crippen LogP contribution < -0.4 is 5.32 Å². The van der Waals surface area contributed by atoms with E-state index in [0.717, 1.165) is 22.4 Å². The third-order valence-electron chi connectivity index (χ3n) is 4.42. The van der Waals surface area contributed by atoms with Crippen LogP contribution in [-0.2, 0) is 24.2 Å². The summed E-state index contributed by atoms with van der Waals surface area (Å²) in [5, 5.41) is 6.78. The van der Waals surface area contributed by atoms with Crippen LogP contribution in [0.1, 0.15) is 38.5 Å². The Morgan fingerprint density at radius 3 is 2.84 bits per heavy atom. The standard InChI is InChI=1S/C17H20N4O4/c1-10-14(11(2)25-20-10)8-19-16(22)15-7-18-6-12-9-21(17(23)24-3)5-4-13(12)15/h6-7H,4-5,8-9H2,1-3H3,(H,19,22). The molecule has 1 aliphatic heterocycles. The van der Waals surface area contributed by atoms with Gasteiger partial charge in [-0.3, -0.25) is 9.78 Å². The first-order valence-corrected chi connectivity index (χ1v) is 7.99. The van der Waals surface area contributed by atoms with E-state index in [0.29, 0.717) is 37.4 Å². The molecule has 0 unspecified atom stereocenters. The summed E-state index contributed by atoms with van der Waals surface area (Å²) >= 11 is 0. The molecule has 0 aliphatic carbocycles. The molecule has 0 atom stereocenters. The first kappa shape index (κ1) is 16.9. The first-order valence-electron chi connectivity index (χ1n) is 7.99. The maximum atomic E-state index is 12.6. The molecular weight excluding hydrogens is 324 g/mol. The summed E-state index contributed by atoms with van der Waals surface area (Å²) in [6.45, 7) is 4.89. The Balaban J connectivity index is 1.75. The van der Waals surface area contributed by atoms with Crippen molar-refractivity contribution in [2.75, 3.05) is 13.7 Å². The zero-order valence-corrected chi connectivity index (χ0v) is 14.5. The fraction of sp³-hybridized carbons (Fsp3) is 0.412. The minimum Gasteiger partial charge on any atom is -0.453 e. The molecule has 3 rings (SSSR count). The van der Waals surface area contributed by atoms with E-state index in [1.54, 1.807) is 17.3 Å². The third kappa shape index (κ3) is 3.33. The van der Waals surface area contributed by atoms with E-state index in [-0.39, 0.29) is 12.0 Å². The van der Waals surface area contributed by atoms with Crippen LogP contribution in [0.3, 0.4) is 0 Å². The lowest BCUT2D eigenvalue weighted by Gasteiger charge is -2.28. The lowest BCUT2D eigenvalue weighted by atomic mass is 9.97. The van der Waals surface area contributed by atoms with E-state index in [2.05, 4.69) is 15.5 Å². The van der Waals surface area contributed by atoms with E-state index in [4.69, 9.17) is 9.26 Å². The van der Waals surface area contributed by atoms with Crippen molar-refractivity contribution in [2.24, 2.45) is 0 Å². The molecule has 0 bridgehead atoms. The molecular formula is C17H20N4O4. The molecule has 0 spiro atoms. The molecule has 2 aromatic rings. The number of methoxy groups -OCH3 is 1. The quantitative estimate of drug-likeness (QED) is 0.911. The number of aromatic nitrogens is 2. The van der Waals surface area contributed by atoms with Crippen molar-refractivity contribution in [3.63, 3.8) is 0 Å². The van der Waals surface area contributed by atoms with Gasteiger partial charge in [0.2, 0.25) is 0 Å². The van der Waals surface area contributed by atoms with Gasteiger partial charge < -0.3 is 19.5 Å². The van der Waals surface area contributed by atoms with Crippen molar-refractivity contribution in [1.29, 1.82) is 0 Å². The Kier molecular flexibility index (Phi) is 4.69. The van der Waals surface area contributed by atoms with Gasteiger partial charge in [0.1, 0.15) is 5.76 Å².